The smallest absolute Gasteiger partial charge is 0.0930 e. The average molecular weight is 113 g/mol. The van der Waals surface area contributed by atoms with E-state index in [2.05, 4.69) is 0 Å². The highest BCUT2D eigenvalue weighted by atomic mass is 16.3. The van der Waals surface area contributed by atoms with Gasteiger partial charge in [-0.15, -0.1) is 0 Å². The van der Waals surface area contributed by atoms with Crippen molar-refractivity contribution in [3.63, 3.8) is 0 Å². The molecule has 1 radical (unpaired) electrons. The Hall–Kier alpha value is -0.0400. The molecule has 1 fully saturated rings. The van der Waals surface area contributed by atoms with Crippen molar-refractivity contribution in [1.82, 2.24) is 0 Å². The van der Waals surface area contributed by atoms with Crippen LogP contribution < -0.4 is 0 Å². The highest BCUT2D eigenvalue weighted by Gasteiger charge is 2.23. The minimum absolute atomic E-state index is 0.262. The van der Waals surface area contributed by atoms with Crippen LogP contribution in [0.25, 0.3) is 0 Å². The zero-order valence-electron chi connectivity index (χ0n) is 5.39. The maximum Gasteiger partial charge on any atom is 0.0930 e. The van der Waals surface area contributed by atoms with E-state index in [0.29, 0.717) is 0 Å². The summed E-state index contributed by atoms with van der Waals surface area (Å²) in [6.07, 6.45) is 4.13. The van der Waals surface area contributed by atoms with Gasteiger partial charge in [0, 0.05) is 0 Å². The van der Waals surface area contributed by atoms with E-state index < -0.39 is 0 Å². The number of hydrogen-bond acceptors (Lipinski definition) is 0. The molecule has 0 saturated heterocycles. The molecule has 0 aromatic carbocycles. The normalized spacial score (nSPS) is 23.2. The molecule has 47 valence electrons. The molecule has 0 bridgehead atoms. The molecule has 1 unspecified atom stereocenters. The van der Waals surface area contributed by atoms with Gasteiger partial charge in [-0.05, 0) is 18.8 Å². The van der Waals surface area contributed by atoms with Gasteiger partial charge in [-0.2, -0.15) is 0 Å². The maximum atomic E-state index is 10.7. The molecule has 0 amide bonds. The molecule has 0 aliphatic heterocycles. The van der Waals surface area contributed by atoms with E-state index in [1.54, 1.807) is 0 Å². The summed E-state index contributed by atoms with van der Waals surface area (Å²) >= 11 is 0. The zero-order chi connectivity index (χ0) is 5.98. The predicted octanol–water partition coefficient (Wildman–Crippen LogP) is 2.00. The quantitative estimate of drug-likeness (QED) is 0.533. The summed E-state index contributed by atoms with van der Waals surface area (Å²) in [6.45, 7) is 1.97. The van der Waals surface area contributed by atoms with Crippen molar-refractivity contribution in [3.05, 3.63) is 0 Å². The molecule has 0 N–H and O–H groups in total. The van der Waals surface area contributed by atoms with Gasteiger partial charge in [0.25, 0.3) is 0 Å². The summed E-state index contributed by atoms with van der Waals surface area (Å²) in [5.74, 6) is 0.817. The summed E-state index contributed by atoms with van der Waals surface area (Å²) in [7, 11) is 0. The van der Waals surface area contributed by atoms with Gasteiger partial charge in [0.15, 0.2) is 0 Å². The monoisotopic (exact) mass is 113 g/mol. The molecule has 8 heavy (non-hydrogen) atoms. The summed E-state index contributed by atoms with van der Waals surface area (Å²) in [4.78, 5) is 0. The van der Waals surface area contributed by atoms with Crippen molar-refractivity contribution < 1.29 is 5.11 Å². The van der Waals surface area contributed by atoms with Crippen molar-refractivity contribution in [2.45, 2.75) is 38.7 Å². The standard InChI is InChI=1S/C7H13O/c1-2-7(8)5-6-3-4-6/h6-7H,2-5H2,1H3. The van der Waals surface area contributed by atoms with E-state index >= 15 is 0 Å². The lowest BCUT2D eigenvalue weighted by Crippen LogP contribution is -2.02. The molecule has 0 spiro atoms. The average Bonchev–Trinajstić information content (AvgIpc) is 2.50. The van der Waals surface area contributed by atoms with Gasteiger partial charge in [0.2, 0.25) is 0 Å². The van der Waals surface area contributed by atoms with E-state index in [1.807, 2.05) is 6.92 Å². The first-order valence-electron chi connectivity index (χ1n) is 3.48. The van der Waals surface area contributed by atoms with Gasteiger partial charge in [-0.25, -0.2) is 5.11 Å². The third-order valence-electron chi connectivity index (χ3n) is 1.75. The van der Waals surface area contributed by atoms with Crippen molar-refractivity contribution in [2.75, 3.05) is 0 Å². The molecule has 1 aliphatic rings. The van der Waals surface area contributed by atoms with Crippen molar-refractivity contribution in [2.24, 2.45) is 5.92 Å². The predicted molar refractivity (Wildman–Crippen MR) is 32.1 cm³/mol. The summed E-state index contributed by atoms with van der Waals surface area (Å²) < 4.78 is 0. The summed E-state index contributed by atoms with van der Waals surface area (Å²) in [5.41, 5.74) is 0. The second-order valence-corrected chi connectivity index (χ2v) is 2.71. The molecule has 1 aliphatic carbocycles. The van der Waals surface area contributed by atoms with Crippen LogP contribution in [0, 0.1) is 5.92 Å². The third kappa shape index (κ3) is 1.83. The summed E-state index contributed by atoms with van der Waals surface area (Å²) in [6, 6.07) is 0. The Labute approximate surface area is 50.7 Å². The first-order valence-corrected chi connectivity index (χ1v) is 3.48. The molecule has 1 heteroatoms. The lowest BCUT2D eigenvalue weighted by atomic mass is 10.1. The van der Waals surface area contributed by atoms with Crippen LogP contribution in [-0.4, -0.2) is 6.10 Å². The Bertz CT molecular complexity index is 66.8. The maximum absolute atomic E-state index is 10.7. The second kappa shape index (κ2) is 2.49. The first-order chi connectivity index (χ1) is 3.83. The molecule has 0 aromatic heterocycles. The Balaban J connectivity index is 1.98. The van der Waals surface area contributed by atoms with Crippen LogP contribution in [0.5, 0.6) is 0 Å². The van der Waals surface area contributed by atoms with E-state index in [0.717, 1.165) is 18.8 Å². The highest BCUT2D eigenvalue weighted by Crippen LogP contribution is 2.33. The fourth-order valence-electron chi connectivity index (χ4n) is 0.892. The van der Waals surface area contributed by atoms with E-state index in [-0.39, 0.29) is 6.10 Å². The number of rotatable bonds is 3. The topological polar surface area (TPSA) is 19.9 Å². The fraction of sp³-hybridized carbons (Fsp3) is 1.00. The van der Waals surface area contributed by atoms with Crippen LogP contribution in [0.3, 0.4) is 0 Å². The number of hydrogen-bond donors (Lipinski definition) is 0. The van der Waals surface area contributed by atoms with Crippen LogP contribution in [0.2, 0.25) is 0 Å². The van der Waals surface area contributed by atoms with E-state index in [9.17, 15) is 5.11 Å². The minimum Gasteiger partial charge on any atom is -0.233 e. The molecule has 0 aromatic rings. The van der Waals surface area contributed by atoms with Crippen LogP contribution in [0.1, 0.15) is 32.6 Å². The van der Waals surface area contributed by atoms with Gasteiger partial charge in [0.05, 0.1) is 6.10 Å². The van der Waals surface area contributed by atoms with Gasteiger partial charge in [0.1, 0.15) is 0 Å². The summed E-state index contributed by atoms with van der Waals surface area (Å²) in [5, 5.41) is 10.7. The van der Waals surface area contributed by atoms with Crippen molar-refractivity contribution in [1.29, 1.82) is 0 Å². The first kappa shape index (κ1) is 6.09. The Morgan fingerprint density at radius 2 is 2.25 bits per heavy atom. The molecule has 1 saturated carbocycles. The van der Waals surface area contributed by atoms with Gasteiger partial charge >= 0.3 is 0 Å². The van der Waals surface area contributed by atoms with Crippen LogP contribution in [0.15, 0.2) is 0 Å². The van der Waals surface area contributed by atoms with E-state index in [4.69, 9.17) is 0 Å². The molecule has 1 atom stereocenters. The molecule has 0 heterocycles. The van der Waals surface area contributed by atoms with Crippen LogP contribution in [0.4, 0.5) is 0 Å². The van der Waals surface area contributed by atoms with Gasteiger partial charge in [-0.3, -0.25) is 0 Å². The zero-order valence-corrected chi connectivity index (χ0v) is 5.39. The third-order valence-corrected chi connectivity index (χ3v) is 1.75. The van der Waals surface area contributed by atoms with Gasteiger partial charge in [-0.1, -0.05) is 19.8 Å². The lowest BCUT2D eigenvalue weighted by Gasteiger charge is -2.00. The molecule has 1 nitrogen and oxygen atoms in total. The SMILES string of the molecule is CCC([O])CC1CC1. The molecule has 1 rings (SSSR count). The van der Waals surface area contributed by atoms with Crippen LogP contribution >= 0.6 is 0 Å². The minimum atomic E-state index is -0.262. The molecular formula is C7H13O. The second-order valence-electron chi connectivity index (χ2n) is 2.71. The highest BCUT2D eigenvalue weighted by molar-refractivity contribution is 4.75. The Kier molecular flexibility index (Phi) is 1.90. The van der Waals surface area contributed by atoms with Crippen molar-refractivity contribution in [3.8, 4) is 0 Å². The van der Waals surface area contributed by atoms with Crippen LogP contribution in [-0.2, 0) is 5.11 Å². The Morgan fingerprint density at radius 1 is 1.62 bits per heavy atom. The Morgan fingerprint density at radius 3 is 2.62 bits per heavy atom. The molecular weight excluding hydrogens is 100 g/mol. The van der Waals surface area contributed by atoms with Gasteiger partial charge < -0.3 is 0 Å². The lowest BCUT2D eigenvalue weighted by molar-refractivity contribution is 0.0731. The van der Waals surface area contributed by atoms with E-state index in [1.165, 1.54) is 12.8 Å². The fourth-order valence-corrected chi connectivity index (χ4v) is 0.892. The largest absolute Gasteiger partial charge is 0.233 e. The van der Waals surface area contributed by atoms with Crippen molar-refractivity contribution >= 4 is 0 Å².